The zero-order valence-electron chi connectivity index (χ0n) is 10.8. The number of aryl methyl sites for hydroxylation is 1. The van der Waals surface area contributed by atoms with Crippen LogP contribution in [0.25, 0.3) is 11.9 Å². The first-order chi connectivity index (χ1) is 9.77. The molecule has 0 aliphatic heterocycles. The van der Waals surface area contributed by atoms with Crippen LogP contribution in [0.2, 0.25) is 0 Å². The zero-order chi connectivity index (χ0) is 15.6. The average molecular weight is 297 g/mol. The standard InChI is InChI=1S/C13H10F3N3O2/c1-8-6-9(2-3-11(20)21)7-17-12(8)19-5-4-10(18-19)13(14,15)16/h2-7H,1H3,(H,20,21)/b3-2+. The molecule has 0 atom stereocenters. The highest BCUT2D eigenvalue weighted by atomic mass is 19.4. The van der Waals surface area contributed by atoms with E-state index in [1.165, 1.54) is 18.5 Å². The maximum absolute atomic E-state index is 12.5. The summed E-state index contributed by atoms with van der Waals surface area (Å²) in [6.07, 6.45) is 0.313. The molecule has 8 heteroatoms. The van der Waals surface area contributed by atoms with Gasteiger partial charge in [0, 0.05) is 18.5 Å². The van der Waals surface area contributed by atoms with Crippen LogP contribution in [0, 0.1) is 6.92 Å². The van der Waals surface area contributed by atoms with Crippen molar-refractivity contribution in [1.82, 2.24) is 14.8 Å². The minimum Gasteiger partial charge on any atom is -0.478 e. The van der Waals surface area contributed by atoms with Gasteiger partial charge in [0.05, 0.1) is 0 Å². The Balaban J connectivity index is 2.33. The third-order valence-corrected chi connectivity index (χ3v) is 2.59. The van der Waals surface area contributed by atoms with Gasteiger partial charge in [-0.05, 0) is 36.3 Å². The quantitative estimate of drug-likeness (QED) is 0.884. The average Bonchev–Trinajstić information content (AvgIpc) is 2.85. The Morgan fingerprint density at radius 2 is 2.14 bits per heavy atom. The fourth-order valence-corrected chi connectivity index (χ4v) is 1.68. The van der Waals surface area contributed by atoms with Crippen LogP contribution in [0.3, 0.4) is 0 Å². The number of hydrogen-bond acceptors (Lipinski definition) is 3. The molecule has 5 nitrogen and oxygen atoms in total. The molecule has 1 N–H and O–H groups in total. The van der Waals surface area contributed by atoms with Crippen molar-refractivity contribution in [1.29, 1.82) is 0 Å². The number of halogens is 3. The normalized spacial score (nSPS) is 12.0. The Hall–Kier alpha value is -2.64. The van der Waals surface area contributed by atoms with E-state index < -0.39 is 17.8 Å². The summed E-state index contributed by atoms with van der Waals surface area (Å²) < 4.78 is 38.5. The molecule has 0 spiro atoms. The molecule has 21 heavy (non-hydrogen) atoms. The summed E-state index contributed by atoms with van der Waals surface area (Å²) in [5.74, 6) is -0.850. The Labute approximate surface area is 117 Å². The SMILES string of the molecule is Cc1cc(/C=C/C(=O)O)cnc1-n1ccc(C(F)(F)F)n1. The fourth-order valence-electron chi connectivity index (χ4n) is 1.68. The van der Waals surface area contributed by atoms with Gasteiger partial charge in [-0.15, -0.1) is 0 Å². The van der Waals surface area contributed by atoms with Crippen LogP contribution in [0.5, 0.6) is 0 Å². The molecular weight excluding hydrogens is 287 g/mol. The van der Waals surface area contributed by atoms with Crippen molar-refractivity contribution >= 4 is 12.0 Å². The van der Waals surface area contributed by atoms with E-state index in [2.05, 4.69) is 10.1 Å². The van der Waals surface area contributed by atoms with Gasteiger partial charge in [-0.1, -0.05) is 0 Å². The van der Waals surface area contributed by atoms with Gasteiger partial charge in [-0.2, -0.15) is 18.3 Å². The molecule has 0 fully saturated rings. The molecule has 110 valence electrons. The number of carbonyl (C=O) groups is 1. The molecule has 0 aromatic carbocycles. The van der Waals surface area contributed by atoms with E-state index in [9.17, 15) is 18.0 Å². The number of alkyl halides is 3. The van der Waals surface area contributed by atoms with Gasteiger partial charge in [-0.25, -0.2) is 14.5 Å². The summed E-state index contributed by atoms with van der Waals surface area (Å²) in [4.78, 5) is 14.4. The van der Waals surface area contributed by atoms with Crippen molar-refractivity contribution in [3.63, 3.8) is 0 Å². The maximum atomic E-state index is 12.5. The number of carboxylic acid groups (broad SMARTS) is 1. The summed E-state index contributed by atoms with van der Waals surface area (Å²) in [7, 11) is 0. The smallest absolute Gasteiger partial charge is 0.435 e. The second kappa shape index (κ2) is 5.39. The Morgan fingerprint density at radius 3 is 2.67 bits per heavy atom. The summed E-state index contributed by atoms with van der Waals surface area (Å²) in [5, 5.41) is 12.0. The fraction of sp³-hybridized carbons (Fsp3) is 0.154. The summed E-state index contributed by atoms with van der Waals surface area (Å²) >= 11 is 0. The maximum Gasteiger partial charge on any atom is 0.435 e. The van der Waals surface area contributed by atoms with Gasteiger partial charge in [0.2, 0.25) is 0 Å². The van der Waals surface area contributed by atoms with Crippen molar-refractivity contribution in [2.24, 2.45) is 0 Å². The molecule has 2 aromatic heterocycles. The number of rotatable bonds is 3. The van der Waals surface area contributed by atoms with Crippen LogP contribution in [0.15, 0.2) is 30.6 Å². The lowest BCUT2D eigenvalue weighted by Crippen LogP contribution is -2.08. The molecule has 0 unspecified atom stereocenters. The first-order valence-electron chi connectivity index (χ1n) is 5.78. The van der Waals surface area contributed by atoms with E-state index in [0.717, 1.165) is 16.8 Å². The van der Waals surface area contributed by atoms with Crippen molar-refractivity contribution in [2.45, 2.75) is 13.1 Å². The van der Waals surface area contributed by atoms with Crippen LogP contribution < -0.4 is 0 Å². The number of nitrogens with zero attached hydrogens (tertiary/aromatic N) is 3. The minimum absolute atomic E-state index is 0.248. The lowest BCUT2D eigenvalue weighted by atomic mass is 10.2. The molecule has 0 radical (unpaired) electrons. The van der Waals surface area contributed by atoms with E-state index in [0.29, 0.717) is 11.1 Å². The van der Waals surface area contributed by atoms with Crippen LogP contribution in [-0.4, -0.2) is 25.8 Å². The number of hydrogen-bond donors (Lipinski definition) is 1. The third kappa shape index (κ3) is 3.47. The second-order valence-electron chi connectivity index (χ2n) is 4.22. The monoisotopic (exact) mass is 297 g/mol. The minimum atomic E-state index is -4.51. The predicted molar refractivity (Wildman–Crippen MR) is 67.8 cm³/mol. The van der Waals surface area contributed by atoms with Crippen molar-refractivity contribution < 1.29 is 23.1 Å². The Morgan fingerprint density at radius 1 is 1.43 bits per heavy atom. The molecule has 2 aromatic rings. The molecule has 0 bridgehead atoms. The lowest BCUT2D eigenvalue weighted by molar-refractivity contribution is -0.141. The van der Waals surface area contributed by atoms with E-state index in [1.54, 1.807) is 13.0 Å². The predicted octanol–water partition coefficient (Wildman–Crippen LogP) is 2.69. The topological polar surface area (TPSA) is 68.0 Å². The number of aromatic nitrogens is 3. The highest BCUT2D eigenvalue weighted by Crippen LogP contribution is 2.28. The van der Waals surface area contributed by atoms with Gasteiger partial charge < -0.3 is 5.11 Å². The molecule has 2 rings (SSSR count). The highest BCUT2D eigenvalue weighted by molar-refractivity contribution is 5.85. The Bertz CT molecular complexity index is 705. The number of carboxylic acids is 1. The lowest BCUT2D eigenvalue weighted by Gasteiger charge is -2.06. The Kier molecular flexibility index (Phi) is 3.79. The van der Waals surface area contributed by atoms with Gasteiger partial charge in [0.25, 0.3) is 0 Å². The molecule has 2 heterocycles. The van der Waals surface area contributed by atoms with E-state index in [1.807, 2.05) is 0 Å². The number of pyridine rings is 1. The van der Waals surface area contributed by atoms with Crippen LogP contribution >= 0.6 is 0 Å². The second-order valence-corrected chi connectivity index (χ2v) is 4.22. The van der Waals surface area contributed by atoms with Crippen molar-refractivity contribution in [3.05, 3.63) is 47.4 Å². The van der Waals surface area contributed by atoms with Gasteiger partial charge in [-0.3, -0.25) is 0 Å². The molecule has 0 saturated heterocycles. The molecule has 0 amide bonds. The zero-order valence-corrected chi connectivity index (χ0v) is 10.8. The van der Waals surface area contributed by atoms with E-state index in [-0.39, 0.29) is 5.82 Å². The molecular formula is C13H10F3N3O2. The summed E-state index contributed by atoms with van der Waals surface area (Å²) in [5.41, 5.74) is 0.0970. The number of aliphatic carboxylic acids is 1. The summed E-state index contributed by atoms with van der Waals surface area (Å²) in [6.45, 7) is 1.65. The van der Waals surface area contributed by atoms with Crippen LogP contribution in [0.1, 0.15) is 16.8 Å². The highest BCUT2D eigenvalue weighted by Gasteiger charge is 2.33. The van der Waals surface area contributed by atoms with Crippen LogP contribution in [0.4, 0.5) is 13.2 Å². The van der Waals surface area contributed by atoms with Crippen molar-refractivity contribution in [3.8, 4) is 5.82 Å². The van der Waals surface area contributed by atoms with E-state index >= 15 is 0 Å². The van der Waals surface area contributed by atoms with Gasteiger partial charge >= 0.3 is 12.1 Å². The molecule has 0 saturated carbocycles. The van der Waals surface area contributed by atoms with Crippen LogP contribution in [-0.2, 0) is 11.0 Å². The van der Waals surface area contributed by atoms with Gasteiger partial charge in [0.1, 0.15) is 0 Å². The van der Waals surface area contributed by atoms with Crippen molar-refractivity contribution in [2.75, 3.05) is 0 Å². The largest absolute Gasteiger partial charge is 0.478 e. The third-order valence-electron chi connectivity index (χ3n) is 2.59. The van der Waals surface area contributed by atoms with E-state index in [4.69, 9.17) is 5.11 Å². The first-order valence-corrected chi connectivity index (χ1v) is 5.78. The molecule has 0 aliphatic carbocycles. The first kappa shape index (κ1) is 14.8. The summed E-state index contributed by atoms with van der Waals surface area (Å²) in [6, 6.07) is 2.47. The van der Waals surface area contributed by atoms with Gasteiger partial charge in [0.15, 0.2) is 11.5 Å². The molecule has 0 aliphatic rings.